The average Bonchev–Trinajstić information content (AvgIpc) is 3.44. The highest BCUT2D eigenvalue weighted by atomic mass is 32.2. The molecule has 12 heteroatoms. The van der Waals surface area contributed by atoms with Crippen molar-refractivity contribution in [2.75, 3.05) is 7.11 Å². The highest BCUT2D eigenvalue weighted by Gasteiger charge is 2.65. The van der Waals surface area contributed by atoms with Crippen molar-refractivity contribution in [2.24, 2.45) is 16.0 Å². The van der Waals surface area contributed by atoms with E-state index in [2.05, 4.69) is 10.2 Å². The first kappa shape index (κ1) is 20.7. The van der Waals surface area contributed by atoms with Gasteiger partial charge in [0.1, 0.15) is 0 Å². The van der Waals surface area contributed by atoms with Crippen LogP contribution in [0.15, 0.2) is 39.4 Å². The van der Waals surface area contributed by atoms with Crippen LogP contribution in [0.4, 0.5) is 13.2 Å². The van der Waals surface area contributed by atoms with Crippen LogP contribution in [0.25, 0.3) is 0 Å². The average molecular weight is 420 g/mol. The summed E-state index contributed by atoms with van der Waals surface area (Å²) >= 11 is 0. The number of rotatable bonds is 5. The Hall–Kier alpha value is -2.05. The van der Waals surface area contributed by atoms with E-state index in [9.17, 15) is 26.4 Å². The molecular weight excluding hydrogens is 401 g/mol. The maximum absolute atomic E-state index is 13.0. The number of halogens is 3. The lowest BCUT2D eigenvalue weighted by Crippen LogP contribution is -2.57. The van der Waals surface area contributed by atoms with Gasteiger partial charge in [0.05, 0.1) is 16.5 Å². The fraction of sp³-hybridized carbons (Fsp3) is 0.562. The molecule has 28 heavy (non-hydrogen) atoms. The van der Waals surface area contributed by atoms with Gasteiger partial charge in [-0.1, -0.05) is 12.1 Å². The number of benzene rings is 1. The van der Waals surface area contributed by atoms with Gasteiger partial charge in [-0.3, -0.25) is 4.79 Å². The number of sulfonamides is 1. The number of nitrogens with one attached hydrogen (secondary N) is 1. The highest BCUT2D eigenvalue weighted by Crippen LogP contribution is 2.52. The van der Waals surface area contributed by atoms with Crippen molar-refractivity contribution < 1.29 is 31.1 Å². The molecule has 0 aromatic heterocycles. The second kappa shape index (κ2) is 6.78. The molecule has 0 saturated heterocycles. The molecule has 1 fully saturated rings. The summed E-state index contributed by atoms with van der Waals surface area (Å²) in [5, 5.41) is 6.11. The Morgan fingerprint density at radius 1 is 1.21 bits per heavy atom. The molecule has 1 saturated carbocycles. The van der Waals surface area contributed by atoms with Crippen molar-refractivity contribution in [3.63, 3.8) is 0 Å². The molecule has 2 aliphatic rings. The van der Waals surface area contributed by atoms with Gasteiger partial charge in [-0.05, 0) is 37.8 Å². The Balaban J connectivity index is 1.72. The Kier molecular flexibility index (Phi) is 5.01. The topological polar surface area (TPSA) is 123 Å². The van der Waals surface area contributed by atoms with E-state index in [1.165, 1.54) is 0 Å². The summed E-state index contributed by atoms with van der Waals surface area (Å²) in [6, 6.07) is 3.86. The minimum absolute atomic E-state index is 0.0344. The van der Waals surface area contributed by atoms with Crippen LogP contribution in [0.1, 0.15) is 31.2 Å². The number of carbonyl (C=O) groups excluding carboxylic acids is 1. The van der Waals surface area contributed by atoms with Gasteiger partial charge in [0, 0.05) is 12.7 Å². The van der Waals surface area contributed by atoms with Crippen LogP contribution in [-0.2, 0) is 25.2 Å². The lowest BCUT2D eigenvalue weighted by Gasteiger charge is -2.35. The van der Waals surface area contributed by atoms with E-state index in [-0.39, 0.29) is 29.4 Å². The van der Waals surface area contributed by atoms with Crippen LogP contribution in [0, 0.1) is 0 Å². The van der Waals surface area contributed by atoms with E-state index in [0.29, 0.717) is 12.8 Å². The Morgan fingerprint density at radius 3 is 2.18 bits per heavy atom. The molecule has 0 bridgehead atoms. The summed E-state index contributed by atoms with van der Waals surface area (Å²) in [6.45, 7) is 0. The van der Waals surface area contributed by atoms with E-state index in [1.54, 1.807) is 7.11 Å². The third kappa shape index (κ3) is 3.63. The smallest absolute Gasteiger partial charge is 0.381 e. The summed E-state index contributed by atoms with van der Waals surface area (Å²) in [5.74, 6) is -0.856. The molecule has 1 aromatic carbocycles. The summed E-state index contributed by atoms with van der Waals surface area (Å²) in [4.78, 5) is 12.1. The van der Waals surface area contributed by atoms with Crippen molar-refractivity contribution in [1.29, 1.82) is 0 Å². The van der Waals surface area contributed by atoms with E-state index in [0.717, 1.165) is 24.3 Å². The zero-order valence-corrected chi connectivity index (χ0v) is 15.7. The minimum atomic E-state index is -4.71. The predicted molar refractivity (Wildman–Crippen MR) is 90.5 cm³/mol. The Morgan fingerprint density at radius 2 is 1.75 bits per heavy atom. The largest absolute Gasteiger partial charge is 0.442 e. The predicted octanol–water partition coefficient (Wildman–Crippen LogP) is 1.96. The molecule has 154 valence electrons. The maximum Gasteiger partial charge on any atom is 0.442 e. The molecule has 1 amide bonds. The second-order valence-corrected chi connectivity index (χ2v) is 8.60. The van der Waals surface area contributed by atoms with Crippen LogP contribution in [0.2, 0.25) is 0 Å². The van der Waals surface area contributed by atoms with Crippen LogP contribution < -0.4 is 10.5 Å². The van der Waals surface area contributed by atoms with E-state index < -0.39 is 33.3 Å². The third-order valence-corrected chi connectivity index (χ3v) is 6.45. The molecule has 3 rings (SSSR count). The first-order valence-corrected chi connectivity index (χ1v) is 9.92. The fourth-order valence-electron chi connectivity index (χ4n) is 3.16. The van der Waals surface area contributed by atoms with Crippen molar-refractivity contribution in [3.8, 4) is 0 Å². The minimum Gasteiger partial charge on any atom is -0.381 e. The van der Waals surface area contributed by atoms with E-state index in [1.807, 2.05) is 4.72 Å². The van der Waals surface area contributed by atoms with E-state index >= 15 is 0 Å². The Labute approximate surface area is 159 Å². The summed E-state index contributed by atoms with van der Waals surface area (Å²) in [6.07, 6.45) is -3.21. The van der Waals surface area contributed by atoms with E-state index in [4.69, 9.17) is 10.5 Å². The lowest BCUT2D eigenvalue weighted by atomic mass is 9.81. The van der Waals surface area contributed by atoms with Crippen molar-refractivity contribution in [3.05, 3.63) is 29.8 Å². The van der Waals surface area contributed by atoms with Crippen LogP contribution in [0.3, 0.4) is 0 Å². The molecule has 0 atom stereocenters. The highest BCUT2D eigenvalue weighted by molar-refractivity contribution is 7.90. The van der Waals surface area contributed by atoms with Gasteiger partial charge in [-0.25, -0.2) is 13.1 Å². The summed E-state index contributed by atoms with van der Waals surface area (Å²) in [5.41, 5.74) is 1.76. The molecule has 0 spiro atoms. The zero-order valence-electron chi connectivity index (χ0n) is 14.9. The number of amides is 1. The Bertz CT molecular complexity index is 885. The van der Waals surface area contributed by atoms with Crippen LogP contribution in [0.5, 0.6) is 0 Å². The molecule has 8 nitrogen and oxygen atoms in total. The van der Waals surface area contributed by atoms with Gasteiger partial charge in [0.15, 0.2) is 0 Å². The molecular formula is C16H19F3N4O4S. The fourth-order valence-corrected chi connectivity index (χ4v) is 4.22. The number of nitrogens with two attached hydrogens (primary N) is 1. The number of methoxy groups -OCH3 is 1. The van der Waals surface area contributed by atoms with Gasteiger partial charge < -0.3 is 10.5 Å². The second-order valence-electron chi connectivity index (χ2n) is 6.92. The lowest BCUT2D eigenvalue weighted by molar-refractivity contribution is -0.166. The number of hydrogen-bond donors (Lipinski definition) is 2. The summed E-state index contributed by atoms with van der Waals surface area (Å²) < 4.78 is 71.0. The number of alkyl halides is 3. The quantitative estimate of drug-likeness (QED) is 0.754. The normalized spacial score (nSPS) is 26.7. The van der Waals surface area contributed by atoms with Crippen LogP contribution >= 0.6 is 0 Å². The van der Waals surface area contributed by atoms with Crippen molar-refractivity contribution >= 4 is 15.9 Å². The van der Waals surface area contributed by atoms with Gasteiger partial charge in [-0.2, -0.15) is 13.2 Å². The van der Waals surface area contributed by atoms with Gasteiger partial charge in [0.2, 0.25) is 0 Å². The van der Waals surface area contributed by atoms with Gasteiger partial charge >= 0.3 is 11.8 Å². The van der Waals surface area contributed by atoms with Gasteiger partial charge in [0.25, 0.3) is 15.9 Å². The molecule has 0 unspecified atom stereocenters. The van der Waals surface area contributed by atoms with Crippen LogP contribution in [-0.4, -0.2) is 39.3 Å². The monoisotopic (exact) mass is 420 g/mol. The summed E-state index contributed by atoms with van der Waals surface area (Å²) in [7, 11) is -2.75. The van der Waals surface area contributed by atoms with Crippen molar-refractivity contribution in [2.45, 2.75) is 54.1 Å². The number of ether oxygens (including phenoxy) is 1. The number of nitrogens with zero attached hydrogens (tertiary/aromatic N) is 2. The van der Waals surface area contributed by atoms with Gasteiger partial charge in [-0.15, -0.1) is 10.2 Å². The third-order valence-electron chi connectivity index (χ3n) is 5.10. The molecule has 1 aromatic rings. The molecule has 0 radical (unpaired) electrons. The molecule has 1 heterocycles. The SMILES string of the molecule is COC1CCC(N)(C(=O)NS(=O)(=O)c2ccc(C3(C(F)(F)F)N=N3)cc2)CC1. The number of carbonyl (C=O) groups is 1. The first-order valence-electron chi connectivity index (χ1n) is 8.44. The maximum atomic E-state index is 13.0. The standard InChI is InChI=1S/C16H19F3N4O4S/c1-27-11-6-8-14(20,9-7-11)13(24)21-28(25,26)12-4-2-10(3-5-12)15(22-23-15)16(17,18)19/h2-5,11H,6-9,20H2,1H3,(H,21,24). The van der Waals surface area contributed by atoms with Crippen molar-refractivity contribution in [1.82, 2.24) is 4.72 Å². The molecule has 1 aliphatic heterocycles. The first-order chi connectivity index (χ1) is 12.9. The molecule has 1 aliphatic carbocycles. The zero-order chi connectivity index (χ0) is 20.8. The number of hydrogen-bond acceptors (Lipinski definition) is 7. The molecule has 3 N–H and O–H groups in total.